The van der Waals surface area contributed by atoms with E-state index in [0.29, 0.717) is 22.6 Å². The van der Waals surface area contributed by atoms with Gasteiger partial charge in [-0.2, -0.15) is 0 Å². The van der Waals surface area contributed by atoms with Gasteiger partial charge in [0, 0.05) is 22.6 Å². The van der Waals surface area contributed by atoms with Gasteiger partial charge in [0.2, 0.25) is 0 Å². The standard InChI is InChI=1S/C17H16N4OS2.BrH/c18-16(19)23-7-9-3-1-5-11-12-6-2-4-10(8-24-17(20)21)14(12)15(22)13(9)11;/h1-6H,7-8H2,(H3,18,19)(H3,20,21);1H. The Hall–Kier alpha value is -1.77. The van der Waals surface area contributed by atoms with Crippen molar-refractivity contribution in [1.29, 1.82) is 10.8 Å². The zero-order valence-corrected chi connectivity index (χ0v) is 16.5. The summed E-state index contributed by atoms with van der Waals surface area (Å²) in [4.78, 5) is 13.0. The van der Waals surface area contributed by atoms with Crippen LogP contribution in [0.4, 0.5) is 0 Å². The largest absolute Gasteiger partial charge is 0.379 e. The van der Waals surface area contributed by atoms with Crippen molar-refractivity contribution in [2.45, 2.75) is 11.5 Å². The molecule has 0 amide bonds. The second kappa shape index (κ2) is 8.07. The summed E-state index contributed by atoms with van der Waals surface area (Å²) in [5.74, 6) is 0.991. The van der Waals surface area contributed by atoms with Crippen LogP contribution in [0.3, 0.4) is 0 Å². The van der Waals surface area contributed by atoms with Gasteiger partial charge in [0.15, 0.2) is 16.1 Å². The number of halogens is 1. The van der Waals surface area contributed by atoms with Gasteiger partial charge in [0.1, 0.15) is 0 Å². The molecule has 0 spiro atoms. The minimum atomic E-state index is -0.000459. The molecule has 0 fully saturated rings. The van der Waals surface area contributed by atoms with E-state index in [9.17, 15) is 4.79 Å². The maximum absolute atomic E-state index is 13.0. The van der Waals surface area contributed by atoms with Crippen LogP contribution >= 0.6 is 40.5 Å². The van der Waals surface area contributed by atoms with Gasteiger partial charge in [-0.3, -0.25) is 15.6 Å². The summed E-state index contributed by atoms with van der Waals surface area (Å²) in [6, 6.07) is 11.6. The average molecular weight is 437 g/mol. The van der Waals surface area contributed by atoms with Crippen molar-refractivity contribution in [3.8, 4) is 11.1 Å². The van der Waals surface area contributed by atoms with Crippen molar-refractivity contribution in [3.63, 3.8) is 0 Å². The third-order valence-corrected chi connectivity index (χ3v) is 5.34. The average Bonchev–Trinajstić information content (AvgIpc) is 2.85. The van der Waals surface area contributed by atoms with E-state index < -0.39 is 0 Å². The van der Waals surface area contributed by atoms with Crippen molar-refractivity contribution < 1.29 is 4.79 Å². The number of ketones is 1. The van der Waals surface area contributed by atoms with Crippen LogP contribution < -0.4 is 11.5 Å². The second-order valence-electron chi connectivity index (χ2n) is 5.31. The Morgan fingerprint density at radius 2 is 1.24 bits per heavy atom. The highest BCUT2D eigenvalue weighted by Gasteiger charge is 2.30. The monoisotopic (exact) mass is 436 g/mol. The van der Waals surface area contributed by atoms with Crippen molar-refractivity contribution >= 4 is 56.6 Å². The first-order valence-electron chi connectivity index (χ1n) is 7.21. The highest BCUT2D eigenvalue weighted by atomic mass is 79.9. The molecular weight excluding hydrogens is 420 g/mol. The number of thioether (sulfide) groups is 2. The number of nitrogens with two attached hydrogens (primary N) is 2. The van der Waals surface area contributed by atoms with Crippen LogP contribution in [0.15, 0.2) is 36.4 Å². The smallest absolute Gasteiger partial charge is 0.194 e. The zero-order chi connectivity index (χ0) is 17.3. The quantitative estimate of drug-likeness (QED) is 0.367. The molecule has 3 rings (SSSR count). The van der Waals surface area contributed by atoms with Crippen LogP contribution in [0.5, 0.6) is 0 Å². The van der Waals surface area contributed by atoms with E-state index in [1.165, 1.54) is 23.5 Å². The Bertz CT molecular complexity index is 800. The fourth-order valence-corrected chi connectivity index (χ4v) is 3.97. The van der Waals surface area contributed by atoms with E-state index in [0.717, 1.165) is 22.3 Å². The summed E-state index contributed by atoms with van der Waals surface area (Å²) < 4.78 is 0. The maximum Gasteiger partial charge on any atom is 0.194 e. The summed E-state index contributed by atoms with van der Waals surface area (Å²) >= 11 is 2.42. The van der Waals surface area contributed by atoms with Crippen LogP contribution in [-0.2, 0) is 11.5 Å². The molecule has 0 bridgehead atoms. The minimum absolute atomic E-state index is 0. The molecular formula is C17H17BrN4OS2. The third kappa shape index (κ3) is 3.91. The predicted octanol–water partition coefficient (Wildman–Crippen LogP) is 3.73. The number of hydrogen-bond acceptors (Lipinski definition) is 5. The molecule has 0 saturated carbocycles. The molecule has 0 aromatic heterocycles. The minimum Gasteiger partial charge on any atom is -0.379 e. The first kappa shape index (κ1) is 19.6. The number of benzene rings is 2. The molecule has 1 aliphatic carbocycles. The van der Waals surface area contributed by atoms with Gasteiger partial charge in [-0.05, 0) is 22.3 Å². The van der Waals surface area contributed by atoms with Gasteiger partial charge in [-0.25, -0.2) is 0 Å². The number of carbonyl (C=O) groups is 1. The Labute approximate surface area is 164 Å². The number of rotatable bonds is 4. The Kier molecular flexibility index (Phi) is 6.31. The van der Waals surface area contributed by atoms with Crippen molar-refractivity contribution in [3.05, 3.63) is 58.7 Å². The molecule has 5 nitrogen and oxygen atoms in total. The zero-order valence-electron chi connectivity index (χ0n) is 13.2. The number of nitrogens with one attached hydrogen (secondary N) is 2. The lowest BCUT2D eigenvalue weighted by Crippen LogP contribution is -2.07. The highest BCUT2D eigenvalue weighted by molar-refractivity contribution is 8.93. The first-order chi connectivity index (χ1) is 11.5. The lowest BCUT2D eigenvalue weighted by atomic mass is 10.0. The second-order valence-corrected chi connectivity index (χ2v) is 7.35. The molecule has 1 aliphatic rings. The van der Waals surface area contributed by atoms with Gasteiger partial charge in [0.05, 0.1) is 0 Å². The molecule has 6 N–H and O–H groups in total. The molecule has 25 heavy (non-hydrogen) atoms. The number of amidine groups is 2. The van der Waals surface area contributed by atoms with Crippen LogP contribution in [0.25, 0.3) is 11.1 Å². The lowest BCUT2D eigenvalue weighted by molar-refractivity contribution is 0.104. The van der Waals surface area contributed by atoms with E-state index >= 15 is 0 Å². The van der Waals surface area contributed by atoms with Crippen LogP contribution in [-0.4, -0.2) is 16.1 Å². The molecule has 2 aromatic carbocycles. The maximum atomic E-state index is 13.0. The Morgan fingerprint density at radius 1 is 0.840 bits per heavy atom. The number of carbonyl (C=O) groups excluding carboxylic acids is 1. The van der Waals surface area contributed by atoms with E-state index in [-0.39, 0.29) is 33.1 Å². The lowest BCUT2D eigenvalue weighted by Gasteiger charge is -2.06. The molecule has 0 unspecified atom stereocenters. The van der Waals surface area contributed by atoms with Gasteiger partial charge in [-0.1, -0.05) is 59.9 Å². The van der Waals surface area contributed by atoms with Gasteiger partial charge < -0.3 is 11.5 Å². The van der Waals surface area contributed by atoms with E-state index in [1.807, 2.05) is 36.4 Å². The van der Waals surface area contributed by atoms with Crippen molar-refractivity contribution in [1.82, 2.24) is 0 Å². The summed E-state index contributed by atoms with van der Waals surface area (Å²) in [5.41, 5.74) is 15.9. The normalized spacial score (nSPS) is 11.4. The molecule has 0 saturated heterocycles. The van der Waals surface area contributed by atoms with Crippen molar-refractivity contribution in [2.24, 2.45) is 11.5 Å². The van der Waals surface area contributed by atoms with E-state index in [2.05, 4.69) is 0 Å². The summed E-state index contributed by atoms with van der Waals surface area (Å²) in [6.45, 7) is 0. The van der Waals surface area contributed by atoms with Gasteiger partial charge >= 0.3 is 0 Å². The van der Waals surface area contributed by atoms with Crippen LogP contribution in [0.1, 0.15) is 27.0 Å². The van der Waals surface area contributed by atoms with Crippen molar-refractivity contribution in [2.75, 3.05) is 0 Å². The molecule has 2 aromatic rings. The Balaban J connectivity index is 0.00000225. The molecule has 0 atom stereocenters. The van der Waals surface area contributed by atoms with Gasteiger partial charge in [-0.15, -0.1) is 17.0 Å². The van der Waals surface area contributed by atoms with Gasteiger partial charge in [0.25, 0.3) is 0 Å². The topological polar surface area (TPSA) is 117 Å². The fraction of sp³-hybridized carbons (Fsp3) is 0.118. The van der Waals surface area contributed by atoms with E-state index in [4.69, 9.17) is 22.3 Å². The molecule has 130 valence electrons. The van der Waals surface area contributed by atoms with Crippen LogP contribution in [0, 0.1) is 10.8 Å². The summed E-state index contributed by atoms with van der Waals surface area (Å²) in [7, 11) is 0. The predicted molar refractivity (Wildman–Crippen MR) is 112 cm³/mol. The molecule has 8 heteroatoms. The van der Waals surface area contributed by atoms with Crippen LogP contribution in [0.2, 0.25) is 0 Å². The first-order valence-corrected chi connectivity index (χ1v) is 9.18. The summed E-state index contributed by atoms with van der Waals surface area (Å²) in [6.07, 6.45) is 0. The molecule has 0 radical (unpaired) electrons. The highest BCUT2D eigenvalue weighted by Crippen LogP contribution is 2.41. The van der Waals surface area contributed by atoms with E-state index in [1.54, 1.807) is 0 Å². The SMILES string of the molecule is Br.N=C(N)SCc1cccc2c1C(=O)c1c(CSC(=N)N)cccc1-2. The summed E-state index contributed by atoms with van der Waals surface area (Å²) in [5, 5.41) is 14.8. The fourth-order valence-electron chi connectivity index (χ4n) is 2.86. The number of hydrogen-bond donors (Lipinski definition) is 4. The third-order valence-electron chi connectivity index (χ3n) is 3.81. The number of fused-ring (bicyclic) bond motifs is 3. The Morgan fingerprint density at radius 3 is 1.60 bits per heavy atom. The molecule has 0 heterocycles. The molecule has 0 aliphatic heterocycles.